The average Bonchev–Trinajstić information content (AvgIpc) is 2.25. The van der Waals surface area contributed by atoms with Crippen LogP contribution >= 0.6 is 0 Å². The zero-order chi connectivity index (χ0) is 11.1. The van der Waals surface area contributed by atoms with E-state index in [0.717, 1.165) is 0 Å². The molecule has 1 atom stereocenters. The number of rotatable bonds is 6. The van der Waals surface area contributed by atoms with Gasteiger partial charge in [0.25, 0.3) is 0 Å². The van der Waals surface area contributed by atoms with E-state index in [2.05, 4.69) is 5.32 Å². The monoisotopic (exact) mass is 213 g/mol. The normalized spacial score (nSPS) is 13.1. The molecule has 3 heteroatoms. The summed E-state index contributed by atoms with van der Waals surface area (Å²) in [5.74, 6) is 0. The van der Waals surface area contributed by atoms with Crippen LogP contribution < -0.4 is 5.32 Å². The summed E-state index contributed by atoms with van der Waals surface area (Å²) in [6.07, 6.45) is -1.68. The van der Waals surface area contributed by atoms with Gasteiger partial charge in [-0.2, -0.15) is 0 Å². The molecular formula is C12H17F2N. The van der Waals surface area contributed by atoms with Crippen molar-refractivity contribution in [3.05, 3.63) is 35.9 Å². The Morgan fingerprint density at radius 3 is 2.47 bits per heavy atom. The molecule has 0 aliphatic rings. The first kappa shape index (κ1) is 12.1. The number of alkyl halides is 2. The summed E-state index contributed by atoms with van der Waals surface area (Å²) in [6, 6.07) is 10.2. The van der Waals surface area contributed by atoms with E-state index in [1.54, 1.807) is 0 Å². The topological polar surface area (TPSA) is 12.0 Å². The van der Waals surface area contributed by atoms with Crippen LogP contribution in [-0.4, -0.2) is 13.0 Å². The van der Waals surface area contributed by atoms with Gasteiger partial charge in [0.2, 0.25) is 6.43 Å². The van der Waals surface area contributed by atoms with Crippen LogP contribution in [0.4, 0.5) is 8.78 Å². The van der Waals surface area contributed by atoms with Gasteiger partial charge in [0.15, 0.2) is 0 Å². The van der Waals surface area contributed by atoms with Gasteiger partial charge in [-0.05, 0) is 25.5 Å². The van der Waals surface area contributed by atoms with Crippen molar-refractivity contribution in [2.24, 2.45) is 0 Å². The van der Waals surface area contributed by atoms with Gasteiger partial charge in [-0.15, -0.1) is 0 Å². The zero-order valence-corrected chi connectivity index (χ0v) is 8.92. The van der Waals surface area contributed by atoms with Gasteiger partial charge < -0.3 is 5.32 Å². The molecule has 1 N–H and O–H groups in total. The van der Waals surface area contributed by atoms with Crippen LogP contribution in [0.1, 0.15) is 31.4 Å². The van der Waals surface area contributed by atoms with Gasteiger partial charge >= 0.3 is 0 Å². The molecule has 0 aromatic heterocycles. The second-order valence-electron chi connectivity index (χ2n) is 3.62. The van der Waals surface area contributed by atoms with Crippen molar-refractivity contribution in [1.82, 2.24) is 5.32 Å². The van der Waals surface area contributed by atoms with E-state index in [4.69, 9.17) is 0 Å². The van der Waals surface area contributed by atoms with Crippen LogP contribution in [-0.2, 0) is 0 Å². The molecule has 0 unspecified atom stereocenters. The number of nitrogens with one attached hydrogen (secondary N) is 1. The first-order valence-electron chi connectivity index (χ1n) is 5.26. The molecule has 0 aliphatic heterocycles. The van der Waals surface area contributed by atoms with Crippen molar-refractivity contribution in [2.75, 3.05) is 6.54 Å². The Morgan fingerprint density at radius 2 is 1.87 bits per heavy atom. The number of halogens is 2. The first-order valence-corrected chi connectivity index (χ1v) is 5.26. The number of hydrogen-bond donors (Lipinski definition) is 1. The van der Waals surface area contributed by atoms with E-state index in [9.17, 15) is 8.78 Å². The summed E-state index contributed by atoms with van der Waals surface area (Å²) in [4.78, 5) is 0. The summed E-state index contributed by atoms with van der Waals surface area (Å²) in [5, 5.41) is 3.22. The molecule has 0 radical (unpaired) electrons. The molecular weight excluding hydrogens is 196 g/mol. The van der Waals surface area contributed by atoms with E-state index >= 15 is 0 Å². The van der Waals surface area contributed by atoms with Crippen molar-refractivity contribution >= 4 is 0 Å². The van der Waals surface area contributed by atoms with Crippen molar-refractivity contribution in [1.29, 1.82) is 0 Å². The highest BCUT2D eigenvalue weighted by Gasteiger charge is 2.05. The Morgan fingerprint density at radius 1 is 1.20 bits per heavy atom. The van der Waals surface area contributed by atoms with Crippen LogP contribution in [0.2, 0.25) is 0 Å². The molecule has 1 rings (SSSR count). The smallest absolute Gasteiger partial charge is 0.238 e. The zero-order valence-electron chi connectivity index (χ0n) is 8.92. The fourth-order valence-corrected chi connectivity index (χ4v) is 1.43. The molecule has 0 saturated heterocycles. The molecule has 0 amide bonds. The molecule has 0 saturated carbocycles. The summed E-state index contributed by atoms with van der Waals surface area (Å²) in [5.41, 5.74) is 1.19. The van der Waals surface area contributed by atoms with E-state index in [1.807, 2.05) is 37.3 Å². The molecule has 0 spiro atoms. The highest BCUT2D eigenvalue weighted by Crippen LogP contribution is 2.11. The Labute approximate surface area is 89.5 Å². The summed E-state index contributed by atoms with van der Waals surface area (Å²) < 4.78 is 23.7. The van der Waals surface area contributed by atoms with E-state index in [0.29, 0.717) is 13.0 Å². The Kier molecular flexibility index (Phi) is 5.26. The Bertz CT molecular complexity index is 262. The molecule has 1 aromatic carbocycles. The largest absolute Gasteiger partial charge is 0.310 e. The van der Waals surface area contributed by atoms with Gasteiger partial charge in [0, 0.05) is 12.5 Å². The highest BCUT2D eigenvalue weighted by atomic mass is 19.3. The summed E-state index contributed by atoms with van der Waals surface area (Å²) >= 11 is 0. The quantitative estimate of drug-likeness (QED) is 0.714. The number of benzene rings is 1. The van der Waals surface area contributed by atoms with Crippen molar-refractivity contribution in [3.8, 4) is 0 Å². The SMILES string of the molecule is C[C@H](NCCCC(F)F)c1ccccc1. The lowest BCUT2D eigenvalue weighted by Crippen LogP contribution is -2.20. The van der Waals surface area contributed by atoms with Crippen molar-refractivity contribution in [3.63, 3.8) is 0 Å². The minimum atomic E-state index is -2.18. The van der Waals surface area contributed by atoms with E-state index < -0.39 is 6.43 Å². The summed E-state index contributed by atoms with van der Waals surface area (Å²) in [6.45, 7) is 2.68. The van der Waals surface area contributed by atoms with Gasteiger partial charge in [-0.25, -0.2) is 8.78 Å². The second kappa shape index (κ2) is 6.51. The third-order valence-electron chi connectivity index (χ3n) is 2.35. The summed E-state index contributed by atoms with van der Waals surface area (Å²) in [7, 11) is 0. The van der Waals surface area contributed by atoms with Crippen LogP contribution in [0.3, 0.4) is 0 Å². The standard InChI is InChI=1S/C12H17F2N/c1-10(11-6-3-2-4-7-11)15-9-5-8-12(13)14/h2-4,6-7,10,12,15H,5,8-9H2,1H3/t10-/m0/s1. The fraction of sp³-hybridized carbons (Fsp3) is 0.500. The van der Waals surface area contributed by atoms with Gasteiger partial charge in [-0.1, -0.05) is 30.3 Å². The molecule has 1 aromatic rings. The molecule has 0 aliphatic carbocycles. The van der Waals surface area contributed by atoms with Crippen molar-refractivity contribution < 1.29 is 8.78 Å². The minimum absolute atomic E-state index is 0.0193. The lowest BCUT2D eigenvalue weighted by atomic mass is 10.1. The second-order valence-corrected chi connectivity index (χ2v) is 3.62. The maximum atomic E-state index is 11.9. The van der Waals surface area contributed by atoms with Crippen LogP contribution in [0.15, 0.2) is 30.3 Å². The van der Waals surface area contributed by atoms with Crippen LogP contribution in [0.5, 0.6) is 0 Å². The van der Waals surface area contributed by atoms with Gasteiger partial charge in [0.05, 0.1) is 0 Å². The molecule has 0 heterocycles. The molecule has 15 heavy (non-hydrogen) atoms. The Hall–Kier alpha value is -0.960. The minimum Gasteiger partial charge on any atom is -0.310 e. The first-order chi connectivity index (χ1) is 7.20. The molecule has 0 fully saturated rings. The highest BCUT2D eigenvalue weighted by molar-refractivity contribution is 5.17. The lowest BCUT2D eigenvalue weighted by molar-refractivity contribution is 0.134. The van der Waals surface area contributed by atoms with Gasteiger partial charge in [0.1, 0.15) is 0 Å². The van der Waals surface area contributed by atoms with Gasteiger partial charge in [-0.3, -0.25) is 0 Å². The molecule has 0 bridgehead atoms. The fourth-order valence-electron chi connectivity index (χ4n) is 1.43. The predicted molar refractivity (Wildman–Crippen MR) is 58.1 cm³/mol. The van der Waals surface area contributed by atoms with Crippen molar-refractivity contribution in [2.45, 2.75) is 32.2 Å². The molecule has 1 nitrogen and oxygen atoms in total. The lowest BCUT2D eigenvalue weighted by Gasteiger charge is -2.13. The molecule has 84 valence electrons. The Balaban J connectivity index is 2.22. The number of hydrogen-bond acceptors (Lipinski definition) is 1. The maximum absolute atomic E-state index is 11.9. The maximum Gasteiger partial charge on any atom is 0.238 e. The third kappa shape index (κ3) is 4.88. The third-order valence-corrected chi connectivity index (χ3v) is 2.35. The van der Waals surface area contributed by atoms with E-state index in [1.165, 1.54) is 5.56 Å². The predicted octanol–water partition coefficient (Wildman–Crippen LogP) is 3.38. The van der Waals surface area contributed by atoms with Crippen LogP contribution in [0, 0.1) is 0 Å². The van der Waals surface area contributed by atoms with Crippen LogP contribution in [0.25, 0.3) is 0 Å². The average molecular weight is 213 g/mol. The van der Waals surface area contributed by atoms with E-state index in [-0.39, 0.29) is 12.5 Å².